The summed E-state index contributed by atoms with van der Waals surface area (Å²) < 4.78 is 13.8. The number of hydrogen-bond acceptors (Lipinski definition) is 6. The van der Waals surface area contributed by atoms with Crippen molar-refractivity contribution in [3.63, 3.8) is 0 Å². The first-order chi connectivity index (χ1) is 17.0. The lowest BCUT2D eigenvalue weighted by molar-refractivity contribution is -0.142. The Kier molecular flexibility index (Phi) is 6.12. The Hall–Kier alpha value is -3.92. The number of carbonyl (C=O) groups is 2. The minimum atomic E-state index is -0.870. The molecule has 10 heteroatoms. The smallest absolute Gasteiger partial charge is 0.331 e. The number of carbonyl (C=O) groups excluding carboxylic acids is 2. The van der Waals surface area contributed by atoms with Gasteiger partial charge in [0.1, 0.15) is 12.3 Å². The number of anilines is 1. The average Bonchev–Trinajstić information content (AvgIpc) is 2.90. The van der Waals surface area contributed by atoms with E-state index in [1.807, 2.05) is 0 Å². The maximum atomic E-state index is 13.6. The van der Waals surface area contributed by atoms with E-state index < -0.39 is 11.8 Å². The Balaban J connectivity index is 1.50. The van der Waals surface area contributed by atoms with Crippen LogP contribution in [0.5, 0.6) is 5.75 Å². The Bertz CT molecular complexity index is 1410. The molecule has 0 radical (unpaired) electrons. The first kappa shape index (κ1) is 22.9. The highest BCUT2D eigenvalue weighted by Crippen LogP contribution is 2.34. The van der Waals surface area contributed by atoms with E-state index in [2.05, 4.69) is 0 Å². The molecule has 1 atom stereocenters. The Labute approximate surface area is 200 Å². The largest absolute Gasteiger partial charge is 0.476 e. The molecule has 0 saturated carbocycles. The zero-order valence-electron chi connectivity index (χ0n) is 19.4. The maximum absolute atomic E-state index is 13.6. The molecule has 2 aliphatic rings. The van der Waals surface area contributed by atoms with Gasteiger partial charge in [-0.3, -0.25) is 23.5 Å². The van der Waals surface area contributed by atoms with Crippen molar-refractivity contribution in [3.8, 4) is 5.75 Å². The molecule has 2 aromatic carbocycles. The zero-order chi connectivity index (χ0) is 24.5. The topological polar surface area (TPSA) is 103 Å². The van der Waals surface area contributed by atoms with E-state index in [0.29, 0.717) is 48.6 Å². The second kappa shape index (κ2) is 9.38. The van der Waals surface area contributed by atoms with Crippen LogP contribution in [0, 0.1) is 0 Å². The summed E-state index contributed by atoms with van der Waals surface area (Å²) in [5, 5.41) is 0.365. The molecule has 0 N–H and O–H groups in total. The van der Waals surface area contributed by atoms with Gasteiger partial charge in [0.25, 0.3) is 11.5 Å². The van der Waals surface area contributed by atoms with Gasteiger partial charge in [-0.25, -0.2) is 4.79 Å². The minimum absolute atomic E-state index is 0.0200. The van der Waals surface area contributed by atoms with E-state index in [1.54, 1.807) is 60.4 Å². The number of rotatable bonds is 4. The minimum Gasteiger partial charge on any atom is -0.476 e. The average molecular weight is 479 g/mol. The monoisotopic (exact) mass is 478 g/mol. The molecule has 2 amide bonds. The number of hydrogen-bond donors (Lipinski definition) is 0. The van der Waals surface area contributed by atoms with Crippen LogP contribution in [0.2, 0.25) is 0 Å². The van der Waals surface area contributed by atoms with Crippen LogP contribution in [-0.2, 0) is 27.4 Å². The van der Waals surface area contributed by atoms with Gasteiger partial charge in [-0.05, 0) is 31.2 Å². The highest BCUT2D eigenvalue weighted by molar-refractivity contribution is 5.97. The number of fused-ring (bicyclic) bond motifs is 2. The molecule has 1 unspecified atom stereocenters. The molecular weight excluding hydrogens is 452 g/mol. The Morgan fingerprint density at radius 2 is 1.69 bits per heavy atom. The summed E-state index contributed by atoms with van der Waals surface area (Å²) in [6.07, 6.45) is -0.870. The van der Waals surface area contributed by atoms with Crippen molar-refractivity contribution in [2.75, 3.05) is 37.7 Å². The van der Waals surface area contributed by atoms with Crippen LogP contribution in [0.25, 0.3) is 10.9 Å². The second-order valence-electron chi connectivity index (χ2n) is 8.45. The number of benzene rings is 2. The predicted octanol–water partition coefficient (Wildman–Crippen LogP) is 0.836. The molecule has 182 valence electrons. The van der Waals surface area contributed by atoms with Gasteiger partial charge >= 0.3 is 5.69 Å². The lowest BCUT2D eigenvalue weighted by atomic mass is 10.1. The number of amides is 2. The first-order valence-corrected chi connectivity index (χ1v) is 11.6. The van der Waals surface area contributed by atoms with Crippen molar-refractivity contribution in [2.45, 2.75) is 26.1 Å². The van der Waals surface area contributed by atoms with Crippen LogP contribution in [-0.4, -0.2) is 64.8 Å². The molecule has 0 aliphatic carbocycles. The lowest BCUT2D eigenvalue weighted by Crippen LogP contribution is -2.54. The summed E-state index contributed by atoms with van der Waals surface area (Å²) in [6.45, 7) is 3.49. The van der Waals surface area contributed by atoms with E-state index in [1.165, 1.54) is 9.47 Å². The molecular formula is C25H26N4O6. The summed E-state index contributed by atoms with van der Waals surface area (Å²) in [7, 11) is 0. The Morgan fingerprint density at radius 3 is 2.46 bits per heavy atom. The third-order valence-electron chi connectivity index (χ3n) is 6.41. The molecule has 1 saturated heterocycles. The molecule has 0 spiro atoms. The number of aromatic nitrogens is 2. The zero-order valence-corrected chi connectivity index (χ0v) is 19.4. The van der Waals surface area contributed by atoms with Crippen molar-refractivity contribution in [2.24, 2.45) is 0 Å². The van der Waals surface area contributed by atoms with Crippen LogP contribution < -0.4 is 20.9 Å². The van der Waals surface area contributed by atoms with Gasteiger partial charge in [-0.2, -0.15) is 0 Å². The van der Waals surface area contributed by atoms with E-state index in [4.69, 9.17) is 9.47 Å². The summed E-state index contributed by atoms with van der Waals surface area (Å²) >= 11 is 0. The SMILES string of the molecule is CCn1c(=O)c2ccccc2n(CC(=O)N2CC(C(=O)N3CCOCC3)Oc3ccccc32)c1=O. The van der Waals surface area contributed by atoms with Gasteiger partial charge in [0.15, 0.2) is 6.10 Å². The van der Waals surface area contributed by atoms with E-state index in [0.717, 1.165) is 4.57 Å². The van der Waals surface area contributed by atoms with Crippen molar-refractivity contribution >= 4 is 28.4 Å². The highest BCUT2D eigenvalue weighted by atomic mass is 16.5. The molecule has 5 rings (SSSR count). The van der Waals surface area contributed by atoms with Gasteiger partial charge in [0.05, 0.1) is 36.3 Å². The summed E-state index contributed by atoms with van der Waals surface area (Å²) in [6, 6.07) is 13.8. The van der Waals surface area contributed by atoms with Crippen LogP contribution in [0.4, 0.5) is 5.69 Å². The van der Waals surface area contributed by atoms with Crippen LogP contribution in [0.1, 0.15) is 6.92 Å². The second-order valence-corrected chi connectivity index (χ2v) is 8.45. The number of nitrogens with zero attached hydrogens (tertiary/aromatic N) is 4. The molecule has 1 aromatic heterocycles. The first-order valence-electron chi connectivity index (χ1n) is 11.6. The van der Waals surface area contributed by atoms with Crippen LogP contribution >= 0.6 is 0 Å². The molecule has 0 bridgehead atoms. The standard InChI is InChI=1S/C25H26N4O6/c1-2-27-23(31)17-7-3-4-8-18(17)29(25(27)33)16-22(30)28-15-21(24(32)26-11-13-34-14-12-26)35-20-10-6-5-9-19(20)28/h3-10,21H,2,11-16H2,1H3. The fraction of sp³-hybridized carbons (Fsp3) is 0.360. The normalized spacial score (nSPS) is 17.7. The quantitative estimate of drug-likeness (QED) is 0.551. The van der Waals surface area contributed by atoms with Crippen molar-refractivity contribution in [1.82, 2.24) is 14.0 Å². The predicted molar refractivity (Wildman–Crippen MR) is 129 cm³/mol. The van der Waals surface area contributed by atoms with Gasteiger partial charge in [-0.1, -0.05) is 24.3 Å². The van der Waals surface area contributed by atoms with E-state index in [9.17, 15) is 19.2 Å². The third-order valence-corrected chi connectivity index (χ3v) is 6.41. The highest BCUT2D eigenvalue weighted by Gasteiger charge is 2.36. The van der Waals surface area contributed by atoms with Crippen molar-refractivity contribution in [1.29, 1.82) is 0 Å². The van der Waals surface area contributed by atoms with Gasteiger partial charge in [0.2, 0.25) is 5.91 Å². The van der Waals surface area contributed by atoms with Gasteiger partial charge in [0, 0.05) is 19.6 Å². The fourth-order valence-corrected chi connectivity index (χ4v) is 4.61. The lowest BCUT2D eigenvalue weighted by Gasteiger charge is -2.37. The third kappa shape index (κ3) is 4.10. The van der Waals surface area contributed by atoms with Crippen LogP contribution in [0.15, 0.2) is 58.1 Å². The molecule has 35 heavy (non-hydrogen) atoms. The summed E-state index contributed by atoms with van der Waals surface area (Å²) in [4.78, 5) is 55.8. The maximum Gasteiger partial charge on any atom is 0.331 e. The Morgan fingerprint density at radius 1 is 0.971 bits per heavy atom. The number of ether oxygens (including phenoxy) is 2. The van der Waals surface area contributed by atoms with Crippen molar-refractivity contribution in [3.05, 3.63) is 69.4 Å². The van der Waals surface area contributed by atoms with Crippen molar-refractivity contribution < 1.29 is 19.1 Å². The molecule has 3 heterocycles. The molecule has 1 fully saturated rings. The fourth-order valence-electron chi connectivity index (χ4n) is 4.61. The summed E-state index contributed by atoms with van der Waals surface area (Å²) in [5.41, 5.74) is -0.00976. The number of para-hydroxylation sites is 3. The van der Waals surface area contributed by atoms with Crippen LogP contribution in [0.3, 0.4) is 0 Å². The van der Waals surface area contributed by atoms with E-state index >= 15 is 0 Å². The van der Waals surface area contributed by atoms with Gasteiger partial charge in [-0.15, -0.1) is 0 Å². The van der Waals surface area contributed by atoms with Gasteiger partial charge < -0.3 is 19.3 Å². The molecule has 10 nitrogen and oxygen atoms in total. The number of morpholine rings is 1. The van der Waals surface area contributed by atoms with E-state index in [-0.39, 0.29) is 37.0 Å². The molecule has 3 aromatic rings. The summed E-state index contributed by atoms with van der Waals surface area (Å²) in [5.74, 6) is -0.161. The molecule has 2 aliphatic heterocycles.